The summed E-state index contributed by atoms with van der Waals surface area (Å²) in [5, 5.41) is 22.2. The largest absolute Gasteiger partial charge is 0.454 e. The third kappa shape index (κ3) is 6.25. The lowest BCUT2D eigenvalue weighted by Gasteiger charge is -2.14. The maximum absolute atomic E-state index is 13.3. The monoisotopic (exact) mass is 557 g/mol. The number of carbonyl (C=O) groups excluding carboxylic acids is 4. The van der Waals surface area contributed by atoms with Crippen LogP contribution >= 0.6 is 0 Å². The average Bonchev–Trinajstić information content (AvgIpc) is 2.97. The van der Waals surface area contributed by atoms with Crippen molar-refractivity contribution in [1.29, 1.82) is 0 Å². The number of hydrogen-bond donors (Lipinski definition) is 0. The Balaban J connectivity index is 1.59. The van der Waals surface area contributed by atoms with Crippen LogP contribution in [0.3, 0.4) is 0 Å². The van der Waals surface area contributed by atoms with E-state index in [-0.39, 0.29) is 44.7 Å². The molecule has 13 nitrogen and oxygen atoms in total. The summed E-state index contributed by atoms with van der Waals surface area (Å²) in [4.78, 5) is 76.6. The van der Waals surface area contributed by atoms with Gasteiger partial charge in [0, 0.05) is 40.8 Å². The Bertz CT molecular complexity index is 1750. The second-order valence-corrected chi connectivity index (χ2v) is 8.58. The zero-order chi connectivity index (χ0) is 29.7. The van der Waals surface area contributed by atoms with Crippen LogP contribution in [-0.4, -0.2) is 51.5 Å². The molecule has 4 rings (SSSR count). The minimum Gasteiger partial charge on any atom is -0.454 e. The maximum Gasteiger partial charge on any atom is 0.341 e. The molecule has 0 fully saturated rings. The van der Waals surface area contributed by atoms with E-state index in [9.17, 15) is 39.4 Å². The standard InChI is InChI=1S/C28H19N3O10/c1-16-25(27(34)40-14-23(32)17-6-4-8-19(12-17)30(36)37)26(21-10-2-3-11-22(21)29-16)28(35)41-15-24(33)18-7-5-9-20(13-18)31(38)39/h2-13H,14-15H2,1H3. The SMILES string of the molecule is Cc1nc2ccccc2c(C(=O)OCC(=O)c2cccc([N+](=O)[O-])c2)c1C(=O)OCC(=O)c1cccc([N+](=O)[O-])c1. The van der Waals surface area contributed by atoms with Gasteiger partial charge in [-0.15, -0.1) is 0 Å². The van der Waals surface area contributed by atoms with Gasteiger partial charge >= 0.3 is 11.9 Å². The second kappa shape index (κ2) is 11.9. The summed E-state index contributed by atoms with van der Waals surface area (Å²) in [5.74, 6) is -3.59. The Morgan fingerprint density at radius 1 is 0.707 bits per heavy atom. The number of nitrogens with zero attached hydrogens (tertiary/aromatic N) is 3. The van der Waals surface area contributed by atoms with Crippen LogP contribution in [0.5, 0.6) is 0 Å². The Morgan fingerprint density at radius 3 is 1.71 bits per heavy atom. The molecule has 0 bridgehead atoms. The van der Waals surface area contributed by atoms with Crippen molar-refractivity contribution < 1.29 is 38.5 Å². The molecule has 0 aliphatic carbocycles. The molecule has 1 heterocycles. The Labute approximate surface area is 230 Å². The molecule has 0 unspecified atom stereocenters. The average molecular weight is 557 g/mol. The first-order valence-electron chi connectivity index (χ1n) is 11.9. The second-order valence-electron chi connectivity index (χ2n) is 8.58. The van der Waals surface area contributed by atoms with Gasteiger partial charge in [-0.3, -0.25) is 34.8 Å². The third-order valence-electron chi connectivity index (χ3n) is 5.91. The molecule has 0 saturated carbocycles. The van der Waals surface area contributed by atoms with Gasteiger partial charge < -0.3 is 9.47 Å². The van der Waals surface area contributed by atoms with Crippen molar-refractivity contribution >= 4 is 45.8 Å². The molecule has 0 atom stereocenters. The van der Waals surface area contributed by atoms with Crippen LogP contribution in [0.2, 0.25) is 0 Å². The number of nitro groups is 2. The van der Waals surface area contributed by atoms with Crippen molar-refractivity contribution in [2.75, 3.05) is 13.2 Å². The van der Waals surface area contributed by atoms with E-state index in [0.717, 1.165) is 12.1 Å². The number of benzene rings is 3. The van der Waals surface area contributed by atoms with Crippen LogP contribution in [0.15, 0.2) is 72.8 Å². The molecule has 1 aromatic heterocycles. The number of pyridine rings is 1. The van der Waals surface area contributed by atoms with Gasteiger partial charge in [0.25, 0.3) is 11.4 Å². The fraction of sp³-hybridized carbons (Fsp3) is 0.107. The van der Waals surface area contributed by atoms with Gasteiger partial charge in [-0.1, -0.05) is 42.5 Å². The summed E-state index contributed by atoms with van der Waals surface area (Å²) < 4.78 is 10.4. The number of carbonyl (C=O) groups is 4. The molecule has 4 aromatic rings. The van der Waals surface area contributed by atoms with Crippen molar-refractivity contribution in [3.63, 3.8) is 0 Å². The number of aryl methyl sites for hydroxylation is 1. The molecule has 0 N–H and O–H groups in total. The summed E-state index contributed by atoms with van der Waals surface area (Å²) >= 11 is 0. The molecule has 41 heavy (non-hydrogen) atoms. The van der Waals surface area contributed by atoms with E-state index in [4.69, 9.17) is 9.47 Å². The van der Waals surface area contributed by atoms with Gasteiger partial charge in [0.15, 0.2) is 13.2 Å². The summed E-state index contributed by atoms with van der Waals surface area (Å²) in [7, 11) is 0. The first-order chi connectivity index (χ1) is 19.6. The Kier molecular flexibility index (Phi) is 8.18. The van der Waals surface area contributed by atoms with E-state index in [1.807, 2.05) is 0 Å². The van der Waals surface area contributed by atoms with Gasteiger partial charge in [-0.2, -0.15) is 0 Å². The first-order valence-corrected chi connectivity index (χ1v) is 11.9. The number of hydrogen-bond acceptors (Lipinski definition) is 11. The molecule has 0 saturated heterocycles. The zero-order valence-corrected chi connectivity index (χ0v) is 21.3. The first kappa shape index (κ1) is 28.2. The smallest absolute Gasteiger partial charge is 0.341 e. The van der Waals surface area contributed by atoms with Crippen molar-refractivity contribution in [2.45, 2.75) is 6.92 Å². The highest BCUT2D eigenvalue weighted by Crippen LogP contribution is 2.26. The number of esters is 2. The van der Waals surface area contributed by atoms with E-state index >= 15 is 0 Å². The van der Waals surface area contributed by atoms with E-state index in [1.54, 1.807) is 18.2 Å². The highest BCUT2D eigenvalue weighted by molar-refractivity contribution is 6.13. The van der Waals surface area contributed by atoms with Gasteiger partial charge in [0.1, 0.15) is 0 Å². The molecule has 0 amide bonds. The number of Topliss-reactive ketones (excluding diaryl/α,β-unsaturated/α-hetero) is 2. The normalized spacial score (nSPS) is 10.6. The summed E-state index contributed by atoms with van der Waals surface area (Å²) in [5.41, 5.74) is -0.888. The Morgan fingerprint density at radius 2 is 1.20 bits per heavy atom. The molecular formula is C28H19N3O10. The van der Waals surface area contributed by atoms with Crippen molar-refractivity contribution in [2.24, 2.45) is 0 Å². The highest BCUT2D eigenvalue weighted by atomic mass is 16.6. The van der Waals surface area contributed by atoms with Crippen molar-refractivity contribution in [1.82, 2.24) is 4.98 Å². The number of para-hydroxylation sites is 1. The van der Waals surface area contributed by atoms with E-state index < -0.39 is 46.6 Å². The van der Waals surface area contributed by atoms with Crippen molar-refractivity contribution in [3.05, 3.63) is 121 Å². The van der Waals surface area contributed by atoms with Gasteiger partial charge in [0.2, 0.25) is 11.6 Å². The number of fused-ring (bicyclic) bond motifs is 1. The fourth-order valence-corrected chi connectivity index (χ4v) is 3.96. The topological polar surface area (TPSA) is 186 Å². The molecule has 0 aliphatic rings. The minimum atomic E-state index is -1.09. The number of non-ortho nitro benzene ring substituents is 2. The number of aromatic nitrogens is 1. The molecule has 206 valence electrons. The lowest BCUT2D eigenvalue weighted by Crippen LogP contribution is -2.21. The van der Waals surface area contributed by atoms with Gasteiger partial charge in [0.05, 0.1) is 32.2 Å². The lowest BCUT2D eigenvalue weighted by atomic mass is 10.0. The molecule has 0 aliphatic heterocycles. The third-order valence-corrected chi connectivity index (χ3v) is 5.91. The maximum atomic E-state index is 13.3. The van der Waals surface area contributed by atoms with Crippen LogP contribution < -0.4 is 0 Å². The van der Waals surface area contributed by atoms with Crippen LogP contribution in [-0.2, 0) is 9.47 Å². The van der Waals surface area contributed by atoms with Crippen LogP contribution in [0, 0.1) is 27.2 Å². The van der Waals surface area contributed by atoms with Gasteiger partial charge in [-0.05, 0) is 13.0 Å². The van der Waals surface area contributed by atoms with E-state index in [1.165, 1.54) is 49.4 Å². The summed E-state index contributed by atoms with van der Waals surface area (Å²) in [6, 6.07) is 16.1. The van der Waals surface area contributed by atoms with Crippen LogP contribution in [0.25, 0.3) is 10.9 Å². The molecule has 0 spiro atoms. The predicted molar refractivity (Wildman–Crippen MR) is 142 cm³/mol. The summed E-state index contributed by atoms with van der Waals surface area (Å²) in [6.07, 6.45) is 0. The Hall–Kier alpha value is -5.85. The van der Waals surface area contributed by atoms with E-state index in [2.05, 4.69) is 4.98 Å². The molecular weight excluding hydrogens is 538 g/mol. The molecule has 13 heteroatoms. The number of rotatable bonds is 10. The van der Waals surface area contributed by atoms with E-state index in [0.29, 0.717) is 5.52 Å². The number of nitro benzene ring substituents is 2. The zero-order valence-electron chi connectivity index (χ0n) is 21.3. The minimum absolute atomic E-state index is 0.0536. The molecule has 3 aromatic carbocycles. The quantitative estimate of drug-likeness (QED) is 0.116. The summed E-state index contributed by atoms with van der Waals surface area (Å²) in [6.45, 7) is -0.127. The lowest BCUT2D eigenvalue weighted by molar-refractivity contribution is -0.385. The van der Waals surface area contributed by atoms with Crippen LogP contribution in [0.4, 0.5) is 11.4 Å². The van der Waals surface area contributed by atoms with Crippen molar-refractivity contribution in [3.8, 4) is 0 Å². The van der Waals surface area contributed by atoms with Crippen LogP contribution in [0.1, 0.15) is 47.1 Å². The van der Waals surface area contributed by atoms with Gasteiger partial charge in [-0.25, -0.2) is 9.59 Å². The number of ether oxygens (including phenoxy) is 2. The predicted octanol–water partition coefficient (Wildman–Crippen LogP) is 4.44. The highest BCUT2D eigenvalue weighted by Gasteiger charge is 2.27. The molecule has 0 radical (unpaired) electrons. The number of ketones is 2. The fourth-order valence-electron chi connectivity index (χ4n) is 3.96.